The molecular formula is C25H34N2O4. The van der Waals surface area contributed by atoms with E-state index in [0.29, 0.717) is 39.1 Å². The van der Waals surface area contributed by atoms with Gasteiger partial charge in [-0.05, 0) is 44.0 Å². The fraction of sp³-hybridized carbons (Fsp3) is 0.520. The van der Waals surface area contributed by atoms with Crippen molar-refractivity contribution in [2.24, 2.45) is 0 Å². The van der Waals surface area contributed by atoms with Gasteiger partial charge in [-0.2, -0.15) is 0 Å². The van der Waals surface area contributed by atoms with Crippen molar-refractivity contribution in [1.82, 2.24) is 4.90 Å². The molecular weight excluding hydrogens is 392 g/mol. The van der Waals surface area contributed by atoms with Crippen LogP contribution in [0.5, 0.6) is 5.75 Å². The number of piperidine rings is 1. The van der Waals surface area contributed by atoms with E-state index in [0.717, 1.165) is 18.8 Å². The van der Waals surface area contributed by atoms with E-state index in [2.05, 4.69) is 41.0 Å². The van der Waals surface area contributed by atoms with Crippen LogP contribution < -0.4 is 9.64 Å². The molecule has 2 N–H and O–H groups in total. The number of hydrogen-bond acceptors (Lipinski definition) is 6. The van der Waals surface area contributed by atoms with Crippen molar-refractivity contribution in [3.8, 4) is 5.75 Å². The van der Waals surface area contributed by atoms with E-state index in [-0.39, 0.29) is 13.2 Å². The highest BCUT2D eigenvalue weighted by Gasteiger charge is 2.39. The Kier molecular flexibility index (Phi) is 6.82. The first-order valence-corrected chi connectivity index (χ1v) is 11.2. The summed E-state index contributed by atoms with van der Waals surface area (Å²) in [6.45, 7) is 6.32. The summed E-state index contributed by atoms with van der Waals surface area (Å²) < 4.78 is 11.5. The van der Waals surface area contributed by atoms with Crippen molar-refractivity contribution in [3.05, 3.63) is 60.2 Å². The van der Waals surface area contributed by atoms with E-state index in [9.17, 15) is 10.2 Å². The topological polar surface area (TPSA) is 65.4 Å². The molecule has 2 aromatic rings. The van der Waals surface area contributed by atoms with Crippen LogP contribution in [0.15, 0.2) is 54.6 Å². The van der Waals surface area contributed by atoms with Crippen LogP contribution in [0.3, 0.4) is 0 Å². The highest BCUT2D eigenvalue weighted by Crippen LogP contribution is 2.28. The summed E-state index contributed by atoms with van der Waals surface area (Å²) in [7, 11) is 0. The fourth-order valence-electron chi connectivity index (χ4n) is 4.46. The molecule has 0 aromatic heterocycles. The molecule has 6 nitrogen and oxygen atoms in total. The van der Waals surface area contributed by atoms with Crippen molar-refractivity contribution in [2.45, 2.75) is 31.0 Å². The van der Waals surface area contributed by atoms with E-state index < -0.39 is 11.2 Å². The highest BCUT2D eigenvalue weighted by molar-refractivity contribution is 5.48. The van der Waals surface area contributed by atoms with E-state index >= 15 is 0 Å². The molecule has 31 heavy (non-hydrogen) atoms. The Hall–Kier alpha value is -2.12. The second-order valence-electron chi connectivity index (χ2n) is 9.14. The molecule has 2 heterocycles. The van der Waals surface area contributed by atoms with Crippen molar-refractivity contribution in [3.63, 3.8) is 0 Å². The summed E-state index contributed by atoms with van der Waals surface area (Å²) in [5.74, 6) is 0.730. The number of aryl methyl sites for hydroxylation is 1. The minimum absolute atomic E-state index is 0.160. The Morgan fingerprint density at radius 2 is 1.65 bits per heavy atom. The van der Waals surface area contributed by atoms with Crippen LogP contribution in [0, 0.1) is 6.92 Å². The van der Waals surface area contributed by atoms with Crippen LogP contribution >= 0.6 is 0 Å². The predicted molar refractivity (Wildman–Crippen MR) is 122 cm³/mol. The van der Waals surface area contributed by atoms with E-state index in [1.807, 2.05) is 30.3 Å². The lowest BCUT2D eigenvalue weighted by Crippen LogP contribution is -2.55. The molecule has 2 aliphatic rings. The van der Waals surface area contributed by atoms with Gasteiger partial charge in [-0.15, -0.1) is 0 Å². The van der Waals surface area contributed by atoms with Crippen LogP contribution in [0.4, 0.5) is 5.69 Å². The quantitative estimate of drug-likeness (QED) is 0.740. The second kappa shape index (κ2) is 9.57. The molecule has 0 spiro atoms. The van der Waals surface area contributed by atoms with Crippen LogP contribution in [-0.2, 0) is 4.74 Å². The van der Waals surface area contributed by atoms with Gasteiger partial charge in [0, 0.05) is 38.4 Å². The molecule has 2 aliphatic heterocycles. The summed E-state index contributed by atoms with van der Waals surface area (Å²) >= 11 is 0. The number of anilines is 1. The monoisotopic (exact) mass is 426 g/mol. The molecule has 6 heteroatoms. The molecule has 0 bridgehead atoms. The Labute approximate surface area is 185 Å². The van der Waals surface area contributed by atoms with Crippen molar-refractivity contribution in [2.75, 3.05) is 57.4 Å². The molecule has 0 radical (unpaired) electrons. The SMILES string of the molecule is Cc1ccc(N2CCC(O)(CN3CCOC[C@](O)(COc4ccccc4)C3)CC2)cc1. The van der Waals surface area contributed by atoms with Gasteiger partial charge in [0.1, 0.15) is 18.0 Å². The lowest BCUT2D eigenvalue weighted by molar-refractivity contribution is -0.0742. The van der Waals surface area contributed by atoms with Crippen LogP contribution in [0.25, 0.3) is 0 Å². The summed E-state index contributed by atoms with van der Waals surface area (Å²) in [5.41, 5.74) is 0.602. The highest BCUT2D eigenvalue weighted by atomic mass is 16.5. The smallest absolute Gasteiger partial charge is 0.134 e. The number of hydrogen-bond donors (Lipinski definition) is 2. The average molecular weight is 427 g/mol. The standard InChI is InChI=1S/C25H34N2O4/c1-21-7-9-22(10-8-21)27-13-11-24(28,12-14-27)17-26-15-16-30-19-25(29,18-26)20-31-23-5-3-2-4-6-23/h2-10,28-29H,11-20H2,1H3/t25-/m0/s1. The number of aliphatic hydroxyl groups is 2. The number of benzene rings is 2. The maximum Gasteiger partial charge on any atom is 0.134 e. The first kappa shape index (κ1) is 22.1. The van der Waals surface area contributed by atoms with Crippen molar-refractivity contribution < 1.29 is 19.7 Å². The lowest BCUT2D eigenvalue weighted by Gasteiger charge is -2.42. The first-order chi connectivity index (χ1) is 14.9. The third-order valence-corrected chi connectivity index (χ3v) is 6.30. The summed E-state index contributed by atoms with van der Waals surface area (Å²) in [6.07, 6.45) is 1.41. The van der Waals surface area contributed by atoms with Gasteiger partial charge >= 0.3 is 0 Å². The molecule has 0 saturated carbocycles. The van der Waals surface area contributed by atoms with Crippen LogP contribution in [0.2, 0.25) is 0 Å². The maximum atomic E-state index is 11.3. The Balaban J connectivity index is 1.32. The Bertz CT molecular complexity index is 821. The van der Waals surface area contributed by atoms with Gasteiger partial charge in [-0.1, -0.05) is 35.9 Å². The van der Waals surface area contributed by atoms with Gasteiger partial charge in [0.2, 0.25) is 0 Å². The zero-order valence-electron chi connectivity index (χ0n) is 18.4. The van der Waals surface area contributed by atoms with Gasteiger partial charge < -0.3 is 24.6 Å². The molecule has 4 rings (SSSR count). The Morgan fingerprint density at radius 3 is 2.35 bits per heavy atom. The molecule has 168 valence electrons. The zero-order valence-corrected chi connectivity index (χ0v) is 18.4. The van der Waals surface area contributed by atoms with Gasteiger partial charge in [-0.25, -0.2) is 0 Å². The van der Waals surface area contributed by atoms with Crippen LogP contribution in [-0.4, -0.2) is 78.9 Å². The molecule has 2 fully saturated rings. The van der Waals surface area contributed by atoms with E-state index in [4.69, 9.17) is 9.47 Å². The third kappa shape index (κ3) is 5.98. The maximum absolute atomic E-state index is 11.3. The van der Waals surface area contributed by atoms with Gasteiger partial charge in [-0.3, -0.25) is 4.90 Å². The van der Waals surface area contributed by atoms with Crippen LogP contribution in [0.1, 0.15) is 18.4 Å². The number of β-amino-alcohol motifs (C(OH)–C–C–N with tert-alkyl or cyclic N) is 2. The molecule has 2 saturated heterocycles. The molecule has 0 aliphatic carbocycles. The summed E-state index contributed by atoms with van der Waals surface area (Å²) in [5, 5.41) is 22.4. The van der Waals surface area contributed by atoms with Gasteiger partial charge in [0.15, 0.2) is 0 Å². The number of nitrogens with zero attached hydrogens (tertiary/aromatic N) is 2. The number of rotatable bonds is 6. The lowest BCUT2D eigenvalue weighted by atomic mass is 9.90. The second-order valence-corrected chi connectivity index (χ2v) is 9.14. The largest absolute Gasteiger partial charge is 0.490 e. The van der Waals surface area contributed by atoms with Gasteiger partial charge in [0.25, 0.3) is 0 Å². The van der Waals surface area contributed by atoms with Crippen molar-refractivity contribution >= 4 is 5.69 Å². The molecule has 2 aromatic carbocycles. The first-order valence-electron chi connectivity index (χ1n) is 11.2. The van der Waals surface area contributed by atoms with Crippen molar-refractivity contribution in [1.29, 1.82) is 0 Å². The molecule has 1 atom stereocenters. The fourth-order valence-corrected chi connectivity index (χ4v) is 4.46. The summed E-state index contributed by atoms with van der Waals surface area (Å²) in [4.78, 5) is 4.46. The number of ether oxygens (including phenoxy) is 2. The minimum atomic E-state index is -1.11. The normalized spacial score (nSPS) is 24.5. The van der Waals surface area contributed by atoms with Gasteiger partial charge in [0.05, 0.1) is 18.8 Å². The summed E-state index contributed by atoms with van der Waals surface area (Å²) in [6, 6.07) is 18.1. The number of para-hydroxylation sites is 1. The minimum Gasteiger partial charge on any atom is -0.490 e. The molecule has 0 unspecified atom stereocenters. The average Bonchev–Trinajstić information content (AvgIpc) is 2.95. The Morgan fingerprint density at radius 1 is 0.935 bits per heavy atom. The third-order valence-electron chi connectivity index (χ3n) is 6.30. The van der Waals surface area contributed by atoms with E-state index in [1.165, 1.54) is 11.3 Å². The molecule has 0 amide bonds. The predicted octanol–water partition coefficient (Wildman–Crippen LogP) is 2.47. The van der Waals surface area contributed by atoms with E-state index in [1.54, 1.807) is 0 Å². The zero-order chi connectivity index (χ0) is 21.7.